The molecule has 8 nitrogen and oxygen atoms in total. The molecule has 3 fully saturated rings. The number of carbonyl (C=O) groups excluding carboxylic acids is 1. The van der Waals surface area contributed by atoms with Gasteiger partial charge in [0.15, 0.2) is 0 Å². The van der Waals surface area contributed by atoms with Gasteiger partial charge in [-0.2, -0.15) is 5.10 Å². The topological polar surface area (TPSA) is 80.3 Å². The van der Waals surface area contributed by atoms with Crippen LogP contribution in [0.2, 0.25) is 0 Å². The highest BCUT2D eigenvalue weighted by molar-refractivity contribution is 5.95. The minimum Gasteiger partial charge on any atom is -0.424 e. The van der Waals surface area contributed by atoms with Crippen molar-refractivity contribution in [2.45, 2.75) is 50.6 Å². The van der Waals surface area contributed by atoms with Gasteiger partial charge in [-0.1, -0.05) is 0 Å². The Morgan fingerprint density at radius 3 is 2.92 bits per heavy atom. The molecule has 3 aliphatic rings. The van der Waals surface area contributed by atoms with E-state index in [1.165, 1.54) is 12.8 Å². The van der Waals surface area contributed by atoms with E-state index >= 15 is 0 Å². The van der Waals surface area contributed by atoms with E-state index < -0.39 is 0 Å². The van der Waals surface area contributed by atoms with Crippen LogP contribution in [-0.4, -0.2) is 50.4 Å². The predicted molar refractivity (Wildman–Crippen MR) is 89.0 cm³/mol. The molecule has 1 atom stereocenters. The first kappa shape index (κ1) is 15.1. The number of anilines is 1. The number of hydrogen-bond acceptors (Lipinski definition) is 6. The molecule has 132 valence electrons. The SMILES string of the molecule is O=C1CCCN1c1cnn(C2CCN(Cc3nnc(C4CC4)o3)C2)c1. The highest BCUT2D eigenvalue weighted by Crippen LogP contribution is 2.39. The van der Waals surface area contributed by atoms with Gasteiger partial charge in [-0.05, 0) is 25.7 Å². The summed E-state index contributed by atoms with van der Waals surface area (Å²) in [6.45, 7) is 3.41. The van der Waals surface area contributed by atoms with Gasteiger partial charge in [0.1, 0.15) is 0 Å². The second-order valence-corrected chi connectivity index (χ2v) is 7.31. The zero-order chi connectivity index (χ0) is 16.8. The highest BCUT2D eigenvalue weighted by Gasteiger charge is 2.31. The molecule has 5 rings (SSSR count). The number of aromatic nitrogens is 4. The third-order valence-electron chi connectivity index (χ3n) is 5.36. The van der Waals surface area contributed by atoms with Crippen molar-refractivity contribution in [2.24, 2.45) is 0 Å². The molecule has 0 aromatic carbocycles. The summed E-state index contributed by atoms with van der Waals surface area (Å²) < 4.78 is 7.77. The summed E-state index contributed by atoms with van der Waals surface area (Å²) in [5, 5.41) is 12.8. The van der Waals surface area contributed by atoms with E-state index in [-0.39, 0.29) is 5.91 Å². The molecule has 0 N–H and O–H groups in total. The molecular formula is C17H22N6O2. The van der Waals surface area contributed by atoms with E-state index in [4.69, 9.17) is 4.42 Å². The van der Waals surface area contributed by atoms with Crippen molar-refractivity contribution in [1.29, 1.82) is 0 Å². The fourth-order valence-corrected chi connectivity index (χ4v) is 3.78. The number of nitrogens with zero attached hydrogens (tertiary/aromatic N) is 6. The lowest BCUT2D eigenvalue weighted by molar-refractivity contribution is -0.117. The maximum Gasteiger partial charge on any atom is 0.230 e. The summed E-state index contributed by atoms with van der Waals surface area (Å²) in [4.78, 5) is 16.0. The molecule has 1 aliphatic carbocycles. The standard InChI is InChI=1S/C17H22N6O2/c24-16-2-1-6-22(16)14-8-18-23(10-14)13-5-7-21(9-13)11-15-19-20-17(25-15)12-3-4-12/h8,10,12-13H,1-7,9,11H2. The molecule has 1 saturated carbocycles. The van der Waals surface area contributed by atoms with Crippen molar-refractivity contribution in [3.8, 4) is 0 Å². The molecular weight excluding hydrogens is 320 g/mol. The maximum atomic E-state index is 11.9. The molecule has 0 radical (unpaired) electrons. The monoisotopic (exact) mass is 342 g/mol. The van der Waals surface area contributed by atoms with Crippen LogP contribution in [-0.2, 0) is 11.3 Å². The molecule has 8 heteroatoms. The van der Waals surface area contributed by atoms with E-state index in [0.717, 1.165) is 44.1 Å². The lowest BCUT2D eigenvalue weighted by Crippen LogP contribution is -2.23. The number of likely N-dealkylation sites (tertiary alicyclic amines) is 1. The van der Waals surface area contributed by atoms with Crippen molar-refractivity contribution < 1.29 is 9.21 Å². The largest absolute Gasteiger partial charge is 0.424 e. The Hall–Kier alpha value is -2.22. The average molecular weight is 342 g/mol. The molecule has 1 unspecified atom stereocenters. The number of rotatable bonds is 5. The minimum atomic E-state index is 0.204. The maximum absolute atomic E-state index is 11.9. The number of carbonyl (C=O) groups is 1. The van der Waals surface area contributed by atoms with E-state index in [1.54, 1.807) is 0 Å². The van der Waals surface area contributed by atoms with Gasteiger partial charge in [-0.3, -0.25) is 14.4 Å². The molecule has 2 aliphatic heterocycles. The van der Waals surface area contributed by atoms with Gasteiger partial charge in [-0.15, -0.1) is 10.2 Å². The average Bonchev–Trinajstić information content (AvgIpc) is 3.07. The summed E-state index contributed by atoms with van der Waals surface area (Å²) in [7, 11) is 0. The molecule has 2 saturated heterocycles. The van der Waals surface area contributed by atoms with E-state index in [0.29, 0.717) is 30.8 Å². The van der Waals surface area contributed by atoms with Crippen LogP contribution in [0.15, 0.2) is 16.8 Å². The predicted octanol–water partition coefficient (Wildman–Crippen LogP) is 1.72. The summed E-state index contributed by atoms with van der Waals surface area (Å²) >= 11 is 0. The third kappa shape index (κ3) is 2.95. The molecule has 0 bridgehead atoms. The lowest BCUT2D eigenvalue weighted by atomic mass is 10.3. The number of amides is 1. The fraction of sp³-hybridized carbons (Fsp3) is 0.647. The first-order chi connectivity index (χ1) is 12.3. The van der Waals surface area contributed by atoms with Crippen LogP contribution < -0.4 is 4.90 Å². The molecule has 2 aromatic heterocycles. The molecule has 0 spiro atoms. The van der Waals surface area contributed by atoms with E-state index in [1.807, 2.05) is 22.0 Å². The van der Waals surface area contributed by atoms with Crippen molar-refractivity contribution >= 4 is 11.6 Å². The quantitative estimate of drug-likeness (QED) is 0.823. The van der Waals surface area contributed by atoms with Crippen LogP contribution in [0.3, 0.4) is 0 Å². The van der Waals surface area contributed by atoms with Crippen molar-refractivity contribution in [3.05, 3.63) is 24.2 Å². The van der Waals surface area contributed by atoms with Crippen LogP contribution in [0.5, 0.6) is 0 Å². The second kappa shape index (κ2) is 5.94. The lowest BCUT2D eigenvalue weighted by Gasteiger charge is -2.14. The zero-order valence-corrected chi connectivity index (χ0v) is 14.2. The summed E-state index contributed by atoms with van der Waals surface area (Å²) in [6.07, 6.45) is 8.80. The zero-order valence-electron chi connectivity index (χ0n) is 14.2. The van der Waals surface area contributed by atoms with Gasteiger partial charge in [0.2, 0.25) is 17.7 Å². The van der Waals surface area contributed by atoms with Crippen molar-refractivity contribution in [1.82, 2.24) is 24.9 Å². The molecule has 2 aromatic rings. The Labute approximate surface area is 145 Å². The first-order valence-electron chi connectivity index (χ1n) is 9.15. The normalized spacial score (nSPS) is 24.6. The van der Waals surface area contributed by atoms with Crippen LogP contribution in [0.1, 0.15) is 55.8 Å². The Morgan fingerprint density at radius 2 is 2.12 bits per heavy atom. The Kier molecular flexibility index (Phi) is 3.58. The fourth-order valence-electron chi connectivity index (χ4n) is 3.78. The Bertz CT molecular complexity index is 780. The van der Waals surface area contributed by atoms with Gasteiger partial charge < -0.3 is 9.32 Å². The van der Waals surface area contributed by atoms with E-state index in [2.05, 4.69) is 20.2 Å². The van der Waals surface area contributed by atoms with Gasteiger partial charge in [0.05, 0.1) is 24.5 Å². The number of hydrogen-bond donors (Lipinski definition) is 0. The van der Waals surface area contributed by atoms with Gasteiger partial charge in [-0.25, -0.2) is 0 Å². The smallest absolute Gasteiger partial charge is 0.230 e. The first-order valence-corrected chi connectivity index (χ1v) is 9.15. The van der Waals surface area contributed by atoms with Gasteiger partial charge in [0.25, 0.3) is 0 Å². The second-order valence-electron chi connectivity index (χ2n) is 7.31. The molecule has 25 heavy (non-hydrogen) atoms. The van der Waals surface area contributed by atoms with Gasteiger partial charge >= 0.3 is 0 Å². The third-order valence-corrected chi connectivity index (χ3v) is 5.36. The van der Waals surface area contributed by atoms with Crippen LogP contribution in [0, 0.1) is 0 Å². The Balaban J connectivity index is 1.21. The summed E-state index contributed by atoms with van der Waals surface area (Å²) in [5.41, 5.74) is 0.923. The van der Waals surface area contributed by atoms with Crippen LogP contribution in [0.25, 0.3) is 0 Å². The molecule has 1 amide bonds. The van der Waals surface area contributed by atoms with Crippen molar-refractivity contribution in [2.75, 3.05) is 24.5 Å². The summed E-state index contributed by atoms with van der Waals surface area (Å²) in [5.74, 6) is 2.22. The van der Waals surface area contributed by atoms with E-state index in [9.17, 15) is 4.79 Å². The van der Waals surface area contributed by atoms with Crippen molar-refractivity contribution in [3.63, 3.8) is 0 Å². The molecule has 4 heterocycles. The van der Waals surface area contributed by atoms with Gasteiger partial charge in [0, 0.05) is 38.2 Å². The highest BCUT2D eigenvalue weighted by atomic mass is 16.4. The summed E-state index contributed by atoms with van der Waals surface area (Å²) in [6, 6.07) is 0.331. The van der Waals surface area contributed by atoms with Crippen LogP contribution >= 0.6 is 0 Å². The Morgan fingerprint density at radius 1 is 1.20 bits per heavy atom. The van der Waals surface area contributed by atoms with Crippen LogP contribution in [0.4, 0.5) is 5.69 Å². The minimum absolute atomic E-state index is 0.204.